The SMILES string of the molecule is CCNC(C)CC(=O)CCc1nccn1C. The number of carbonyl (C=O) groups excluding carboxylic acids is 1. The van der Waals surface area contributed by atoms with Gasteiger partial charge in [0.2, 0.25) is 0 Å². The molecular formula is C12H21N3O. The first-order valence-corrected chi connectivity index (χ1v) is 5.84. The summed E-state index contributed by atoms with van der Waals surface area (Å²) in [6.45, 7) is 5.00. The van der Waals surface area contributed by atoms with Gasteiger partial charge in [-0.05, 0) is 13.5 Å². The summed E-state index contributed by atoms with van der Waals surface area (Å²) in [5, 5.41) is 3.24. The second kappa shape index (κ2) is 6.43. The lowest BCUT2D eigenvalue weighted by Crippen LogP contribution is -2.28. The summed E-state index contributed by atoms with van der Waals surface area (Å²) in [4.78, 5) is 15.9. The Morgan fingerprint density at radius 1 is 1.62 bits per heavy atom. The van der Waals surface area contributed by atoms with Gasteiger partial charge in [0.1, 0.15) is 11.6 Å². The summed E-state index contributed by atoms with van der Waals surface area (Å²) in [5.41, 5.74) is 0. The van der Waals surface area contributed by atoms with Gasteiger partial charge < -0.3 is 9.88 Å². The van der Waals surface area contributed by atoms with E-state index in [4.69, 9.17) is 0 Å². The minimum atomic E-state index is 0.277. The van der Waals surface area contributed by atoms with Crippen LogP contribution >= 0.6 is 0 Å². The molecule has 0 aliphatic heterocycles. The van der Waals surface area contributed by atoms with E-state index in [-0.39, 0.29) is 6.04 Å². The molecule has 1 aromatic heterocycles. The molecule has 0 aromatic carbocycles. The van der Waals surface area contributed by atoms with Crippen LogP contribution in [0.25, 0.3) is 0 Å². The van der Waals surface area contributed by atoms with Crippen LogP contribution in [0, 0.1) is 0 Å². The van der Waals surface area contributed by atoms with E-state index in [1.165, 1.54) is 0 Å². The minimum Gasteiger partial charge on any atom is -0.338 e. The number of nitrogens with zero attached hydrogens (tertiary/aromatic N) is 2. The molecule has 4 nitrogen and oxygen atoms in total. The van der Waals surface area contributed by atoms with Crippen LogP contribution in [0.5, 0.6) is 0 Å². The Labute approximate surface area is 97.1 Å². The van der Waals surface area contributed by atoms with E-state index >= 15 is 0 Å². The molecule has 1 heterocycles. The third-order valence-corrected chi connectivity index (χ3v) is 2.63. The fraction of sp³-hybridized carbons (Fsp3) is 0.667. The van der Waals surface area contributed by atoms with Gasteiger partial charge in [0.25, 0.3) is 0 Å². The molecule has 4 heteroatoms. The third-order valence-electron chi connectivity index (χ3n) is 2.63. The monoisotopic (exact) mass is 223 g/mol. The molecule has 0 fully saturated rings. The number of ketones is 1. The molecule has 0 saturated heterocycles. The smallest absolute Gasteiger partial charge is 0.134 e. The molecule has 0 aliphatic carbocycles. The van der Waals surface area contributed by atoms with Gasteiger partial charge in [-0.25, -0.2) is 4.98 Å². The Hall–Kier alpha value is -1.16. The van der Waals surface area contributed by atoms with Crippen molar-refractivity contribution < 1.29 is 4.79 Å². The number of carbonyl (C=O) groups is 1. The van der Waals surface area contributed by atoms with E-state index in [1.807, 2.05) is 24.7 Å². The van der Waals surface area contributed by atoms with Crippen LogP contribution in [0.4, 0.5) is 0 Å². The largest absolute Gasteiger partial charge is 0.338 e. The van der Waals surface area contributed by atoms with E-state index in [0.29, 0.717) is 18.6 Å². The van der Waals surface area contributed by atoms with Crippen molar-refractivity contribution in [2.45, 2.75) is 39.2 Å². The maximum Gasteiger partial charge on any atom is 0.134 e. The van der Waals surface area contributed by atoms with Gasteiger partial charge in [0, 0.05) is 44.7 Å². The summed E-state index contributed by atoms with van der Waals surface area (Å²) in [6, 6.07) is 0.277. The van der Waals surface area contributed by atoms with Gasteiger partial charge in [-0.2, -0.15) is 0 Å². The molecule has 1 atom stereocenters. The minimum absolute atomic E-state index is 0.277. The van der Waals surface area contributed by atoms with Gasteiger partial charge in [-0.15, -0.1) is 0 Å². The fourth-order valence-electron chi connectivity index (χ4n) is 1.75. The van der Waals surface area contributed by atoms with Crippen LogP contribution < -0.4 is 5.32 Å². The van der Waals surface area contributed by atoms with Crippen molar-refractivity contribution in [1.29, 1.82) is 0 Å². The van der Waals surface area contributed by atoms with Crippen LogP contribution in [0.1, 0.15) is 32.5 Å². The molecule has 90 valence electrons. The highest BCUT2D eigenvalue weighted by molar-refractivity contribution is 5.79. The zero-order valence-corrected chi connectivity index (χ0v) is 10.4. The summed E-state index contributed by atoms with van der Waals surface area (Å²) < 4.78 is 1.96. The van der Waals surface area contributed by atoms with Gasteiger partial charge in [0.15, 0.2) is 0 Å². The van der Waals surface area contributed by atoms with Crippen molar-refractivity contribution in [2.24, 2.45) is 7.05 Å². The lowest BCUT2D eigenvalue weighted by molar-refractivity contribution is -0.119. The molecule has 0 spiro atoms. The molecular weight excluding hydrogens is 202 g/mol. The van der Waals surface area contributed by atoms with Crippen LogP contribution in [0.3, 0.4) is 0 Å². The predicted molar refractivity (Wildman–Crippen MR) is 64.3 cm³/mol. The Bertz CT molecular complexity index is 333. The van der Waals surface area contributed by atoms with Crippen LogP contribution in [-0.2, 0) is 18.3 Å². The molecule has 16 heavy (non-hydrogen) atoms. The summed E-state index contributed by atoms with van der Waals surface area (Å²) in [5.74, 6) is 1.28. The van der Waals surface area contributed by atoms with E-state index in [0.717, 1.165) is 18.8 Å². The van der Waals surface area contributed by atoms with E-state index < -0.39 is 0 Å². The van der Waals surface area contributed by atoms with Crippen LogP contribution in [-0.4, -0.2) is 27.9 Å². The molecule has 1 N–H and O–H groups in total. The first-order chi connectivity index (χ1) is 7.63. The number of hydrogen-bond acceptors (Lipinski definition) is 3. The number of imidazole rings is 1. The van der Waals surface area contributed by atoms with Crippen LogP contribution in [0.15, 0.2) is 12.4 Å². The van der Waals surface area contributed by atoms with Crippen LogP contribution in [0.2, 0.25) is 0 Å². The Morgan fingerprint density at radius 2 is 2.38 bits per heavy atom. The lowest BCUT2D eigenvalue weighted by atomic mass is 10.1. The molecule has 0 aliphatic rings. The standard InChI is InChI=1S/C12H21N3O/c1-4-13-10(2)9-11(16)5-6-12-14-7-8-15(12)3/h7-8,10,13H,4-6,9H2,1-3H3. The van der Waals surface area contributed by atoms with E-state index in [2.05, 4.69) is 17.2 Å². The van der Waals surface area contributed by atoms with E-state index in [9.17, 15) is 4.79 Å². The summed E-state index contributed by atoms with van der Waals surface area (Å²) in [7, 11) is 1.95. The highest BCUT2D eigenvalue weighted by Crippen LogP contribution is 2.03. The zero-order chi connectivity index (χ0) is 12.0. The maximum absolute atomic E-state index is 11.7. The number of hydrogen-bond donors (Lipinski definition) is 1. The number of aryl methyl sites for hydroxylation is 2. The van der Waals surface area contributed by atoms with Crippen molar-refractivity contribution in [3.8, 4) is 0 Å². The van der Waals surface area contributed by atoms with E-state index in [1.54, 1.807) is 6.20 Å². The van der Waals surface area contributed by atoms with Gasteiger partial charge in [-0.3, -0.25) is 4.79 Å². The average molecular weight is 223 g/mol. The third kappa shape index (κ3) is 4.14. The number of aromatic nitrogens is 2. The first-order valence-electron chi connectivity index (χ1n) is 5.84. The second-order valence-electron chi connectivity index (χ2n) is 4.16. The highest BCUT2D eigenvalue weighted by atomic mass is 16.1. The van der Waals surface area contributed by atoms with Gasteiger partial charge >= 0.3 is 0 Å². The zero-order valence-electron chi connectivity index (χ0n) is 10.4. The Morgan fingerprint density at radius 3 is 2.94 bits per heavy atom. The van der Waals surface area contributed by atoms with Crippen molar-refractivity contribution in [2.75, 3.05) is 6.54 Å². The predicted octanol–water partition coefficient (Wildman–Crippen LogP) is 1.31. The number of rotatable bonds is 7. The fourth-order valence-corrected chi connectivity index (χ4v) is 1.75. The molecule has 1 aromatic rings. The average Bonchev–Trinajstić information content (AvgIpc) is 2.61. The molecule has 0 radical (unpaired) electrons. The lowest BCUT2D eigenvalue weighted by Gasteiger charge is -2.10. The quantitative estimate of drug-likeness (QED) is 0.758. The Balaban J connectivity index is 2.28. The Kier molecular flexibility index (Phi) is 5.19. The molecule has 1 rings (SSSR count). The van der Waals surface area contributed by atoms with Crippen molar-refractivity contribution >= 4 is 5.78 Å². The van der Waals surface area contributed by atoms with Gasteiger partial charge in [0.05, 0.1) is 0 Å². The molecule has 0 bridgehead atoms. The summed E-state index contributed by atoms with van der Waals surface area (Å²) >= 11 is 0. The normalized spacial score (nSPS) is 12.7. The van der Waals surface area contributed by atoms with Crippen molar-refractivity contribution in [3.63, 3.8) is 0 Å². The number of nitrogens with one attached hydrogen (secondary N) is 1. The maximum atomic E-state index is 11.7. The van der Waals surface area contributed by atoms with Crippen molar-refractivity contribution in [3.05, 3.63) is 18.2 Å². The molecule has 0 amide bonds. The highest BCUT2D eigenvalue weighted by Gasteiger charge is 2.09. The van der Waals surface area contributed by atoms with Crippen molar-refractivity contribution in [1.82, 2.24) is 14.9 Å². The first kappa shape index (κ1) is 12.9. The summed E-state index contributed by atoms with van der Waals surface area (Å²) in [6.07, 6.45) is 5.60. The second-order valence-corrected chi connectivity index (χ2v) is 4.16. The van der Waals surface area contributed by atoms with Gasteiger partial charge in [-0.1, -0.05) is 6.92 Å². The molecule has 1 unspecified atom stereocenters. The number of Topliss-reactive ketones (excluding diaryl/α,β-unsaturated/α-hetero) is 1. The topological polar surface area (TPSA) is 46.9 Å². The molecule has 0 saturated carbocycles.